The smallest absolute Gasteiger partial charge is 0.146 e. The van der Waals surface area contributed by atoms with Crippen LogP contribution in [-0.2, 0) is 4.79 Å². The molecule has 2 aromatic carbocycles. The summed E-state index contributed by atoms with van der Waals surface area (Å²) in [5, 5.41) is 0. The average molecular weight is 404 g/mol. The van der Waals surface area contributed by atoms with Crippen molar-refractivity contribution in [3.05, 3.63) is 83.4 Å². The maximum Gasteiger partial charge on any atom is 0.146 e. The van der Waals surface area contributed by atoms with Crippen molar-refractivity contribution in [1.82, 2.24) is 14.5 Å². The van der Waals surface area contributed by atoms with E-state index in [2.05, 4.69) is 48.2 Å². The number of aldehydes is 1. The fourth-order valence-corrected chi connectivity index (χ4v) is 3.63. The van der Waals surface area contributed by atoms with Gasteiger partial charge in [-0.1, -0.05) is 36.4 Å². The zero-order valence-corrected chi connectivity index (χ0v) is 18.1. The molecule has 0 N–H and O–H groups in total. The lowest BCUT2D eigenvalue weighted by molar-refractivity contribution is -0.105. The number of hydrogen-bond acceptors (Lipinski definition) is 4. The highest BCUT2D eigenvalue weighted by Crippen LogP contribution is 2.28. The Labute approximate surface area is 178 Å². The Hall–Kier alpha value is -3.18. The van der Waals surface area contributed by atoms with Crippen molar-refractivity contribution in [2.75, 3.05) is 21.2 Å². The zero-order chi connectivity index (χ0) is 21.5. The molecule has 0 fully saturated rings. The van der Waals surface area contributed by atoms with Gasteiger partial charge in [0.1, 0.15) is 12.0 Å². The SMILES string of the molecule is COc1cc(/C=C(/C=O)CCC(c2ccccc2)N(C)C)ccc1-n1cnc(C)c1. The van der Waals surface area contributed by atoms with Gasteiger partial charge in [0, 0.05) is 12.2 Å². The third kappa shape index (κ3) is 5.24. The quantitative estimate of drug-likeness (QED) is 0.378. The summed E-state index contributed by atoms with van der Waals surface area (Å²) in [4.78, 5) is 18.2. The van der Waals surface area contributed by atoms with Crippen molar-refractivity contribution in [2.24, 2.45) is 0 Å². The van der Waals surface area contributed by atoms with E-state index < -0.39 is 0 Å². The predicted octanol–water partition coefficient (Wildman–Crippen LogP) is 4.85. The number of hydrogen-bond donors (Lipinski definition) is 0. The van der Waals surface area contributed by atoms with E-state index in [4.69, 9.17) is 4.74 Å². The summed E-state index contributed by atoms with van der Waals surface area (Å²) < 4.78 is 7.51. The first-order valence-electron chi connectivity index (χ1n) is 10.1. The molecule has 3 aromatic rings. The summed E-state index contributed by atoms with van der Waals surface area (Å²) in [5.74, 6) is 0.738. The molecule has 5 heteroatoms. The molecule has 1 aromatic heterocycles. The summed E-state index contributed by atoms with van der Waals surface area (Å²) in [6.07, 6.45) is 8.18. The molecule has 30 heavy (non-hydrogen) atoms. The van der Waals surface area contributed by atoms with Crippen molar-refractivity contribution in [3.8, 4) is 11.4 Å². The fourth-order valence-electron chi connectivity index (χ4n) is 3.63. The monoisotopic (exact) mass is 403 g/mol. The Morgan fingerprint density at radius 2 is 1.97 bits per heavy atom. The number of methoxy groups -OCH3 is 1. The molecule has 5 nitrogen and oxygen atoms in total. The van der Waals surface area contributed by atoms with Crippen LogP contribution in [0.4, 0.5) is 0 Å². The largest absolute Gasteiger partial charge is 0.495 e. The summed E-state index contributed by atoms with van der Waals surface area (Å²) in [7, 11) is 5.80. The minimum atomic E-state index is 0.260. The van der Waals surface area contributed by atoms with Crippen LogP contribution in [0.1, 0.15) is 35.7 Å². The Bertz CT molecular complexity index is 1010. The first-order valence-corrected chi connectivity index (χ1v) is 10.1. The maximum atomic E-state index is 11.7. The van der Waals surface area contributed by atoms with Gasteiger partial charge in [-0.25, -0.2) is 4.98 Å². The van der Waals surface area contributed by atoms with Crippen LogP contribution in [0, 0.1) is 6.92 Å². The van der Waals surface area contributed by atoms with E-state index >= 15 is 0 Å². The second-order valence-corrected chi connectivity index (χ2v) is 7.62. The number of carbonyl (C=O) groups excluding carboxylic acids is 1. The van der Waals surface area contributed by atoms with Crippen LogP contribution in [-0.4, -0.2) is 41.9 Å². The number of imidazole rings is 1. The Morgan fingerprint density at radius 3 is 2.57 bits per heavy atom. The molecular weight excluding hydrogens is 374 g/mol. The summed E-state index contributed by atoms with van der Waals surface area (Å²) >= 11 is 0. The predicted molar refractivity (Wildman–Crippen MR) is 121 cm³/mol. The molecule has 1 atom stereocenters. The van der Waals surface area contributed by atoms with Crippen molar-refractivity contribution in [1.29, 1.82) is 0 Å². The van der Waals surface area contributed by atoms with Gasteiger partial charge in [-0.15, -0.1) is 0 Å². The van der Waals surface area contributed by atoms with E-state index in [9.17, 15) is 4.79 Å². The van der Waals surface area contributed by atoms with Crippen molar-refractivity contribution >= 4 is 12.4 Å². The molecule has 0 saturated heterocycles. The number of nitrogens with zero attached hydrogens (tertiary/aromatic N) is 3. The molecule has 156 valence electrons. The lowest BCUT2D eigenvalue weighted by Gasteiger charge is -2.24. The van der Waals surface area contributed by atoms with E-state index in [0.717, 1.165) is 41.0 Å². The normalized spacial score (nSPS) is 12.8. The molecule has 1 heterocycles. The van der Waals surface area contributed by atoms with Gasteiger partial charge in [0.05, 0.1) is 24.8 Å². The highest BCUT2D eigenvalue weighted by Gasteiger charge is 2.14. The number of benzene rings is 2. The standard InChI is InChI=1S/C25H29N3O2/c1-19-16-28(18-26-19)24-13-10-20(15-25(24)30-4)14-21(17-29)11-12-23(27(2)3)22-8-6-5-7-9-22/h5-10,13-18,23H,11-12H2,1-4H3/b21-14+. The lowest BCUT2D eigenvalue weighted by atomic mass is 9.97. The molecular formula is C25H29N3O2. The first kappa shape index (κ1) is 21.5. The third-order valence-electron chi connectivity index (χ3n) is 5.21. The van der Waals surface area contributed by atoms with Crippen LogP contribution < -0.4 is 4.74 Å². The minimum Gasteiger partial charge on any atom is -0.495 e. The van der Waals surface area contributed by atoms with E-state index in [1.807, 2.05) is 48.0 Å². The number of aromatic nitrogens is 2. The Balaban J connectivity index is 1.79. The van der Waals surface area contributed by atoms with Gasteiger partial charge in [-0.3, -0.25) is 4.79 Å². The second kappa shape index (κ2) is 10.0. The van der Waals surface area contributed by atoms with Gasteiger partial charge >= 0.3 is 0 Å². The zero-order valence-electron chi connectivity index (χ0n) is 18.1. The van der Waals surface area contributed by atoms with Crippen molar-refractivity contribution < 1.29 is 9.53 Å². The van der Waals surface area contributed by atoms with Crippen molar-refractivity contribution in [3.63, 3.8) is 0 Å². The molecule has 0 aliphatic rings. The van der Waals surface area contributed by atoms with Gasteiger partial charge in [-0.05, 0) is 68.8 Å². The summed E-state index contributed by atoms with van der Waals surface area (Å²) in [6, 6.07) is 16.6. The van der Waals surface area contributed by atoms with Crippen LogP contribution in [0.3, 0.4) is 0 Å². The van der Waals surface area contributed by atoms with Gasteiger partial charge in [-0.2, -0.15) is 0 Å². The highest BCUT2D eigenvalue weighted by molar-refractivity contribution is 5.82. The van der Waals surface area contributed by atoms with Crippen LogP contribution in [0.25, 0.3) is 11.8 Å². The van der Waals surface area contributed by atoms with Crippen LogP contribution in [0.2, 0.25) is 0 Å². The molecule has 0 aliphatic carbocycles. The van der Waals surface area contributed by atoms with Gasteiger partial charge in [0.15, 0.2) is 0 Å². The number of carbonyl (C=O) groups is 1. The number of allylic oxidation sites excluding steroid dienone is 1. The van der Waals surface area contributed by atoms with Gasteiger partial charge in [0.2, 0.25) is 0 Å². The van der Waals surface area contributed by atoms with Crippen LogP contribution in [0.5, 0.6) is 5.75 Å². The fraction of sp³-hybridized carbons (Fsp3) is 0.280. The van der Waals surface area contributed by atoms with Gasteiger partial charge < -0.3 is 14.2 Å². The molecule has 0 spiro atoms. The van der Waals surface area contributed by atoms with E-state index in [-0.39, 0.29) is 6.04 Å². The van der Waals surface area contributed by atoms with E-state index in [0.29, 0.717) is 6.42 Å². The average Bonchev–Trinajstić information content (AvgIpc) is 3.19. The molecule has 0 amide bonds. The number of rotatable bonds is 9. The molecule has 1 unspecified atom stereocenters. The van der Waals surface area contributed by atoms with Crippen LogP contribution >= 0.6 is 0 Å². The number of ether oxygens (including phenoxy) is 1. The topological polar surface area (TPSA) is 47.4 Å². The maximum absolute atomic E-state index is 11.7. The first-order chi connectivity index (χ1) is 14.5. The number of aryl methyl sites for hydroxylation is 1. The lowest BCUT2D eigenvalue weighted by Crippen LogP contribution is -2.20. The van der Waals surface area contributed by atoms with Crippen LogP contribution in [0.15, 0.2) is 66.6 Å². The second-order valence-electron chi connectivity index (χ2n) is 7.62. The molecule has 0 radical (unpaired) electrons. The summed E-state index contributed by atoms with van der Waals surface area (Å²) in [5.41, 5.74) is 4.83. The highest BCUT2D eigenvalue weighted by atomic mass is 16.5. The molecule has 0 aliphatic heterocycles. The van der Waals surface area contributed by atoms with E-state index in [1.165, 1.54) is 5.56 Å². The van der Waals surface area contributed by atoms with E-state index in [1.54, 1.807) is 13.4 Å². The molecule has 3 rings (SSSR count). The molecule has 0 saturated carbocycles. The summed E-state index contributed by atoms with van der Waals surface area (Å²) in [6.45, 7) is 1.95. The minimum absolute atomic E-state index is 0.260. The van der Waals surface area contributed by atoms with Gasteiger partial charge in [0.25, 0.3) is 0 Å². The third-order valence-corrected chi connectivity index (χ3v) is 5.21. The molecule has 0 bridgehead atoms. The Morgan fingerprint density at radius 1 is 1.20 bits per heavy atom. The Kier molecular flexibility index (Phi) is 7.20. The van der Waals surface area contributed by atoms with Crippen molar-refractivity contribution in [2.45, 2.75) is 25.8 Å².